The maximum absolute atomic E-state index is 13.0. The van der Waals surface area contributed by atoms with Crippen LogP contribution >= 0.6 is 0 Å². The summed E-state index contributed by atoms with van der Waals surface area (Å²) in [4.78, 5) is 39.6. The van der Waals surface area contributed by atoms with Crippen molar-refractivity contribution >= 4 is 18.0 Å². The molecule has 0 aliphatic carbocycles. The van der Waals surface area contributed by atoms with Gasteiger partial charge < -0.3 is 29.7 Å². The largest absolute Gasteiger partial charge is 0.461 e. The van der Waals surface area contributed by atoms with E-state index in [1.807, 2.05) is 49.1 Å². The van der Waals surface area contributed by atoms with Crippen LogP contribution in [0, 0.1) is 5.92 Å². The number of nitrogens with zero attached hydrogens (tertiary/aromatic N) is 1. The molecule has 1 heterocycles. The van der Waals surface area contributed by atoms with E-state index in [-0.39, 0.29) is 24.8 Å². The molecule has 1 fully saturated rings. The third kappa shape index (κ3) is 8.97. The fourth-order valence-corrected chi connectivity index (χ4v) is 3.06. The molecule has 1 aliphatic heterocycles. The van der Waals surface area contributed by atoms with E-state index in [1.165, 1.54) is 0 Å². The number of morpholine rings is 1. The van der Waals surface area contributed by atoms with Crippen LogP contribution < -0.4 is 10.6 Å². The average molecular weight is 448 g/mol. The van der Waals surface area contributed by atoms with Crippen LogP contribution in [0.3, 0.4) is 0 Å². The summed E-state index contributed by atoms with van der Waals surface area (Å²) < 4.78 is 15.6. The minimum absolute atomic E-state index is 0.0203. The Bertz CT molecular complexity index is 775. The first-order valence-corrected chi connectivity index (χ1v) is 10.9. The van der Waals surface area contributed by atoms with Crippen LogP contribution in [-0.2, 0) is 30.4 Å². The van der Waals surface area contributed by atoms with Crippen LogP contribution in [0.4, 0.5) is 4.79 Å². The summed E-state index contributed by atoms with van der Waals surface area (Å²) in [6.45, 7) is 8.09. The molecule has 0 radical (unpaired) electrons. The lowest BCUT2D eigenvalue weighted by atomic mass is 10.0. The van der Waals surface area contributed by atoms with E-state index in [0.29, 0.717) is 32.7 Å². The molecule has 0 unspecified atom stereocenters. The predicted octanol–water partition coefficient (Wildman–Crippen LogP) is 2.18. The van der Waals surface area contributed by atoms with Gasteiger partial charge in [0.15, 0.2) is 0 Å². The number of nitrogens with one attached hydrogen (secondary N) is 2. The van der Waals surface area contributed by atoms with Crippen LogP contribution in [0.1, 0.15) is 32.8 Å². The van der Waals surface area contributed by atoms with Gasteiger partial charge in [-0.15, -0.1) is 0 Å². The molecule has 0 saturated carbocycles. The van der Waals surface area contributed by atoms with Crippen molar-refractivity contribution in [2.45, 2.75) is 39.8 Å². The van der Waals surface area contributed by atoms with Crippen molar-refractivity contribution < 1.29 is 28.6 Å². The fourth-order valence-electron chi connectivity index (χ4n) is 3.06. The normalized spacial score (nSPS) is 15.1. The number of rotatable bonds is 10. The lowest BCUT2D eigenvalue weighted by molar-refractivity contribution is -0.140. The van der Waals surface area contributed by atoms with Crippen molar-refractivity contribution in [3.63, 3.8) is 0 Å². The number of carbonyl (C=O) groups is 3. The van der Waals surface area contributed by atoms with E-state index >= 15 is 0 Å². The Morgan fingerprint density at radius 2 is 1.81 bits per heavy atom. The zero-order valence-corrected chi connectivity index (χ0v) is 19.0. The van der Waals surface area contributed by atoms with Crippen LogP contribution in [-0.4, -0.2) is 61.8 Å². The molecule has 9 heteroatoms. The summed E-state index contributed by atoms with van der Waals surface area (Å²) in [6.07, 6.45) is 1.24. The molecule has 1 saturated heterocycles. The summed E-state index contributed by atoms with van der Waals surface area (Å²) in [7, 11) is 0. The zero-order valence-electron chi connectivity index (χ0n) is 19.0. The molecule has 9 nitrogen and oxygen atoms in total. The van der Waals surface area contributed by atoms with Gasteiger partial charge in [-0.1, -0.05) is 44.2 Å². The van der Waals surface area contributed by atoms with Crippen LogP contribution in [0.15, 0.2) is 42.2 Å². The third-order valence-electron chi connectivity index (χ3n) is 4.64. The van der Waals surface area contributed by atoms with Crippen LogP contribution in [0.2, 0.25) is 0 Å². The van der Waals surface area contributed by atoms with Crippen LogP contribution in [0.5, 0.6) is 0 Å². The highest BCUT2D eigenvalue weighted by molar-refractivity contribution is 5.96. The van der Waals surface area contributed by atoms with E-state index in [0.717, 1.165) is 5.56 Å². The molecule has 1 atom stereocenters. The Balaban J connectivity index is 2.04. The van der Waals surface area contributed by atoms with E-state index in [4.69, 9.17) is 14.2 Å². The van der Waals surface area contributed by atoms with Crippen molar-refractivity contribution in [1.29, 1.82) is 0 Å². The molecule has 1 aromatic carbocycles. The minimum Gasteiger partial charge on any atom is -0.461 e. The lowest BCUT2D eigenvalue weighted by Crippen LogP contribution is -2.48. The number of carbonyl (C=O) groups excluding carboxylic acids is 3. The van der Waals surface area contributed by atoms with E-state index < -0.39 is 24.0 Å². The Labute approximate surface area is 189 Å². The number of ether oxygens (including phenoxy) is 3. The van der Waals surface area contributed by atoms with E-state index in [2.05, 4.69) is 10.6 Å². The molecule has 2 amide bonds. The number of amides is 2. The number of hydrogen-bond donors (Lipinski definition) is 2. The van der Waals surface area contributed by atoms with Gasteiger partial charge in [0.25, 0.3) is 0 Å². The maximum atomic E-state index is 13.0. The summed E-state index contributed by atoms with van der Waals surface area (Å²) in [5.74, 6) is -1.03. The zero-order chi connectivity index (χ0) is 23.3. The van der Waals surface area contributed by atoms with Gasteiger partial charge in [0, 0.05) is 19.3 Å². The van der Waals surface area contributed by atoms with Crippen molar-refractivity contribution in [2.24, 2.45) is 5.92 Å². The van der Waals surface area contributed by atoms with E-state index in [1.54, 1.807) is 13.1 Å². The number of esters is 1. The molecule has 0 aromatic heterocycles. The molecule has 0 bridgehead atoms. The molecule has 32 heavy (non-hydrogen) atoms. The SMILES string of the molecule is CCOC(=O)C(=CN1CCOCC1)NC(=O)[C@H](CC(C)C)NC(=O)OCc1ccccc1. The fraction of sp³-hybridized carbons (Fsp3) is 0.522. The third-order valence-corrected chi connectivity index (χ3v) is 4.64. The van der Waals surface area contributed by atoms with Gasteiger partial charge in [0.2, 0.25) is 5.91 Å². The van der Waals surface area contributed by atoms with Gasteiger partial charge >= 0.3 is 12.1 Å². The second-order valence-corrected chi connectivity index (χ2v) is 7.79. The minimum atomic E-state index is -0.874. The molecular weight excluding hydrogens is 414 g/mol. The summed E-state index contributed by atoms with van der Waals surface area (Å²) in [6, 6.07) is 8.38. The second-order valence-electron chi connectivity index (χ2n) is 7.79. The summed E-state index contributed by atoms with van der Waals surface area (Å²) in [5.41, 5.74) is 0.859. The first-order chi connectivity index (χ1) is 15.4. The molecular formula is C23H33N3O6. The average Bonchev–Trinajstić information content (AvgIpc) is 2.78. The van der Waals surface area contributed by atoms with Gasteiger partial charge in [-0.05, 0) is 24.8 Å². The van der Waals surface area contributed by atoms with Gasteiger partial charge in [0.1, 0.15) is 18.3 Å². The van der Waals surface area contributed by atoms with Crippen LogP contribution in [0.25, 0.3) is 0 Å². The highest BCUT2D eigenvalue weighted by atomic mass is 16.5. The molecule has 1 aliphatic rings. The van der Waals surface area contributed by atoms with Gasteiger partial charge in [0.05, 0.1) is 19.8 Å². The summed E-state index contributed by atoms with van der Waals surface area (Å²) in [5, 5.41) is 5.24. The van der Waals surface area contributed by atoms with Gasteiger partial charge in [-0.3, -0.25) is 4.79 Å². The predicted molar refractivity (Wildman–Crippen MR) is 118 cm³/mol. The Hall–Kier alpha value is -3.07. The summed E-state index contributed by atoms with van der Waals surface area (Å²) >= 11 is 0. The molecule has 2 rings (SSSR count). The molecule has 0 spiro atoms. The van der Waals surface area contributed by atoms with Crippen molar-refractivity contribution in [3.8, 4) is 0 Å². The molecule has 2 N–H and O–H groups in total. The Morgan fingerprint density at radius 3 is 2.44 bits per heavy atom. The van der Waals surface area contributed by atoms with Gasteiger partial charge in [-0.25, -0.2) is 9.59 Å². The highest BCUT2D eigenvalue weighted by Gasteiger charge is 2.26. The van der Waals surface area contributed by atoms with Gasteiger partial charge in [-0.2, -0.15) is 0 Å². The van der Waals surface area contributed by atoms with Crippen molar-refractivity contribution in [1.82, 2.24) is 15.5 Å². The standard InChI is InChI=1S/C23H33N3O6/c1-4-31-22(28)20(15-26-10-12-30-13-11-26)24-21(27)19(14-17(2)3)25-23(29)32-16-18-8-6-5-7-9-18/h5-9,15,17,19H,4,10-14,16H2,1-3H3,(H,24,27)(H,25,29)/t19-/m0/s1. The Kier molecular flexibility index (Phi) is 10.5. The Morgan fingerprint density at radius 1 is 1.12 bits per heavy atom. The number of benzene rings is 1. The molecule has 1 aromatic rings. The quantitative estimate of drug-likeness (QED) is 0.418. The maximum Gasteiger partial charge on any atom is 0.408 e. The highest BCUT2D eigenvalue weighted by Crippen LogP contribution is 2.09. The number of alkyl carbamates (subject to hydrolysis) is 1. The number of hydrogen-bond acceptors (Lipinski definition) is 7. The molecule has 176 valence electrons. The monoisotopic (exact) mass is 447 g/mol. The first kappa shape index (κ1) is 25.2. The van der Waals surface area contributed by atoms with E-state index in [9.17, 15) is 14.4 Å². The lowest BCUT2D eigenvalue weighted by Gasteiger charge is -2.26. The second kappa shape index (κ2) is 13.4. The topological polar surface area (TPSA) is 106 Å². The van der Waals surface area contributed by atoms with Crippen molar-refractivity contribution in [3.05, 3.63) is 47.8 Å². The first-order valence-electron chi connectivity index (χ1n) is 10.9. The van der Waals surface area contributed by atoms with Crippen molar-refractivity contribution in [2.75, 3.05) is 32.9 Å². The smallest absolute Gasteiger partial charge is 0.408 e.